The molecule has 180 valence electrons. The second kappa shape index (κ2) is 12.0. The first kappa shape index (κ1) is 25.9. The highest BCUT2D eigenvalue weighted by Gasteiger charge is 2.33. The van der Waals surface area contributed by atoms with Crippen LogP contribution in [0.4, 0.5) is 4.79 Å². The van der Waals surface area contributed by atoms with Crippen molar-refractivity contribution in [1.82, 2.24) is 15.5 Å². The van der Waals surface area contributed by atoms with Crippen LogP contribution in [-0.2, 0) is 9.53 Å². The number of carbonyl (C=O) groups excluding carboxylic acids is 2. The van der Waals surface area contributed by atoms with E-state index in [-0.39, 0.29) is 11.9 Å². The summed E-state index contributed by atoms with van der Waals surface area (Å²) in [4.78, 5) is 27.9. The van der Waals surface area contributed by atoms with Gasteiger partial charge in [-0.1, -0.05) is 39.0 Å². The van der Waals surface area contributed by atoms with Crippen LogP contribution in [0.1, 0.15) is 92.4 Å². The maximum atomic E-state index is 13.2. The Morgan fingerprint density at radius 3 is 2.42 bits per heavy atom. The lowest BCUT2D eigenvalue weighted by molar-refractivity contribution is -0.125. The molecular formula is C24H45N3O4. The summed E-state index contributed by atoms with van der Waals surface area (Å²) in [5.74, 6) is 0.218. The summed E-state index contributed by atoms with van der Waals surface area (Å²) in [5, 5.41) is 16.7. The van der Waals surface area contributed by atoms with E-state index in [9.17, 15) is 14.7 Å². The lowest BCUT2D eigenvalue weighted by Gasteiger charge is -2.30. The van der Waals surface area contributed by atoms with Crippen molar-refractivity contribution in [1.29, 1.82) is 0 Å². The van der Waals surface area contributed by atoms with Crippen LogP contribution in [0, 0.1) is 5.92 Å². The van der Waals surface area contributed by atoms with Gasteiger partial charge in [-0.3, -0.25) is 9.69 Å². The van der Waals surface area contributed by atoms with Crippen molar-refractivity contribution in [2.45, 2.75) is 122 Å². The summed E-state index contributed by atoms with van der Waals surface area (Å²) in [6.07, 6.45) is 7.92. The molecule has 0 bridgehead atoms. The number of amides is 2. The van der Waals surface area contributed by atoms with Gasteiger partial charge in [-0.15, -0.1) is 0 Å². The van der Waals surface area contributed by atoms with Crippen LogP contribution in [0.2, 0.25) is 0 Å². The Morgan fingerprint density at radius 2 is 1.81 bits per heavy atom. The van der Waals surface area contributed by atoms with E-state index in [4.69, 9.17) is 4.74 Å². The average molecular weight is 440 g/mol. The summed E-state index contributed by atoms with van der Waals surface area (Å²) in [7, 11) is 0. The molecule has 2 aliphatic rings. The third kappa shape index (κ3) is 8.97. The van der Waals surface area contributed by atoms with Gasteiger partial charge in [0.1, 0.15) is 11.6 Å². The molecule has 7 heteroatoms. The predicted octanol–water partition coefficient (Wildman–Crippen LogP) is 3.59. The topological polar surface area (TPSA) is 90.9 Å². The van der Waals surface area contributed by atoms with E-state index in [1.165, 1.54) is 19.3 Å². The zero-order valence-electron chi connectivity index (χ0n) is 20.3. The molecular weight excluding hydrogens is 394 g/mol. The molecule has 0 aromatic rings. The van der Waals surface area contributed by atoms with Crippen LogP contribution < -0.4 is 10.6 Å². The minimum absolute atomic E-state index is 0.211. The maximum absolute atomic E-state index is 13.2. The van der Waals surface area contributed by atoms with Gasteiger partial charge in [0.2, 0.25) is 5.91 Å². The van der Waals surface area contributed by atoms with E-state index in [1.54, 1.807) is 0 Å². The normalized spacial score (nSPS) is 27.2. The largest absolute Gasteiger partial charge is 0.444 e. The second-order valence-corrected chi connectivity index (χ2v) is 10.5. The molecule has 2 rings (SSSR count). The number of hydrogen-bond donors (Lipinski definition) is 3. The quantitative estimate of drug-likeness (QED) is 0.564. The number of β-amino-alcohol motifs (C(OH)–C–C–N with tert-alkyl or cyclic N) is 1. The summed E-state index contributed by atoms with van der Waals surface area (Å²) in [6, 6.07) is -0.557. The molecule has 7 nitrogen and oxygen atoms in total. The van der Waals surface area contributed by atoms with Crippen LogP contribution in [0.25, 0.3) is 0 Å². The highest BCUT2D eigenvalue weighted by atomic mass is 16.6. The lowest BCUT2D eigenvalue weighted by atomic mass is 9.84. The first-order valence-corrected chi connectivity index (χ1v) is 12.3. The number of rotatable bonds is 7. The molecule has 0 unspecified atom stereocenters. The first-order chi connectivity index (χ1) is 14.6. The lowest BCUT2D eigenvalue weighted by Crippen LogP contribution is -2.54. The summed E-state index contributed by atoms with van der Waals surface area (Å²) in [5.41, 5.74) is -0.619. The number of nitrogens with one attached hydrogen (secondary N) is 2. The summed E-state index contributed by atoms with van der Waals surface area (Å²) >= 11 is 0. The fourth-order valence-electron chi connectivity index (χ4n) is 4.83. The van der Waals surface area contributed by atoms with Gasteiger partial charge >= 0.3 is 6.09 Å². The molecule has 1 aliphatic carbocycles. The third-order valence-corrected chi connectivity index (χ3v) is 6.54. The minimum atomic E-state index is -0.641. The van der Waals surface area contributed by atoms with Crippen molar-refractivity contribution in [3.63, 3.8) is 0 Å². The van der Waals surface area contributed by atoms with Gasteiger partial charge in [0.15, 0.2) is 0 Å². The second-order valence-electron chi connectivity index (χ2n) is 10.5. The smallest absolute Gasteiger partial charge is 0.408 e. The van der Waals surface area contributed by atoms with Crippen molar-refractivity contribution in [3.05, 3.63) is 0 Å². The Balaban J connectivity index is 2.03. The Morgan fingerprint density at radius 1 is 1.13 bits per heavy atom. The van der Waals surface area contributed by atoms with Crippen LogP contribution in [0.3, 0.4) is 0 Å². The zero-order chi connectivity index (χ0) is 23.0. The Kier molecular flexibility index (Phi) is 10.1. The zero-order valence-corrected chi connectivity index (χ0v) is 20.3. The molecule has 3 N–H and O–H groups in total. The predicted molar refractivity (Wildman–Crippen MR) is 123 cm³/mol. The summed E-state index contributed by atoms with van der Waals surface area (Å²) < 4.78 is 5.41. The molecule has 1 saturated heterocycles. The van der Waals surface area contributed by atoms with Gasteiger partial charge in [-0.05, 0) is 65.8 Å². The molecule has 0 spiro atoms. The average Bonchev–Trinajstić information content (AvgIpc) is 2.80. The monoisotopic (exact) mass is 439 g/mol. The fourth-order valence-corrected chi connectivity index (χ4v) is 4.83. The Bertz CT molecular complexity index is 572. The molecule has 0 aromatic heterocycles. The maximum Gasteiger partial charge on any atom is 0.408 e. The molecule has 1 aliphatic heterocycles. The van der Waals surface area contributed by atoms with Crippen molar-refractivity contribution in [2.75, 3.05) is 13.1 Å². The molecule has 1 heterocycles. The van der Waals surface area contributed by atoms with Gasteiger partial charge in [0.05, 0.1) is 12.1 Å². The molecule has 31 heavy (non-hydrogen) atoms. The molecule has 2 amide bonds. The Labute approximate surface area is 188 Å². The number of likely N-dealkylation sites (tertiary alicyclic amines) is 1. The number of aliphatic hydroxyl groups is 1. The molecule has 1 saturated carbocycles. The number of alkyl carbamates (subject to hydrolysis) is 1. The fraction of sp³-hybridized carbons (Fsp3) is 0.917. The van der Waals surface area contributed by atoms with Crippen molar-refractivity contribution < 1.29 is 19.4 Å². The van der Waals surface area contributed by atoms with E-state index in [2.05, 4.69) is 29.4 Å². The van der Waals surface area contributed by atoms with E-state index in [1.807, 2.05) is 20.8 Å². The number of hydrogen-bond acceptors (Lipinski definition) is 5. The molecule has 0 radical (unpaired) electrons. The number of nitrogens with zero attached hydrogens (tertiary/aromatic N) is 1. The number of aliphatic hydroxyl groups excluding tert-OH is 1. The molecule has 0 aromatic carbocycles. The van der Waals surface area contributed by atoms with Gasteiger partial charge in [-0.2, -0.15) is 0 Å². The van der Waals surface area contributed by atoms with Crippen LogP contribution in [-0.4, -0.2) is 64.9 Å². The highest BCUT2D eigenvalue weighted by molar-refractivity contribution is 5.86. The highest BCUT2D eigenvalue weighted by Crippen LogP contribution is 2.28. The van der Waals surface area contributed by atoms with Crippen molar-refractivity contribution in [2.24, 2.45) is 5.92 Å². The summed E-state index contributed by atoms with van der Waals surface area (Å²) in [6.45, 7) is 11.3. The standard InChI is InChI=1S/C24H45N3O4/c1-6-14-27-16-21(28)19(13-12-17(27)2)25-22(29)20(15-18-10-8-7-9-11-18)26-23(30)31-24(3,4)5/h17-21,28H,6-16H2,1-5H3,(H,25,29)(H,26,30)/t17-,19+,20+,21-/m1/s1. The number of carbonyl (C=O) groups is 2. The van der Waals surface area contributed by atoms with Crippen LogP contribution >= 0.6 is 0 Å². The molecule has 2 fully saturated rings. The van der Waals surface area contributed by atoms with Crippen molar-refractivity contribution in [3.8, 4) is 0 Å². The number of ether oxygens (including phenoxy) is 1. The van der Waals surface area contributed by atoms with E-state index in [0.29, 0.717) is 24.9 Å². The minimum Gasteiger partial charge on any atom is -0.444 e. The van der Waals surface area contributed by atoms with Gasteiger partial charge in [0.25, 0.3) is 0 Å². The van der Waals surface area contributed by atoms with Crippen LogP contribution in [0.15, 0.2) is 0 Å². The Hall–Kier alpha value is -1.34. The van der Waals surface area contributed by atoms with E-state index < -0.39 is 23.8 Å². The molecule has 4 atom stereocenters. The van der Waals surface area contributed by atoms with Crippen molar-refractivity contribution >= 4 is 12.0 Å². The SMILES string of the molecule is CCCN1C[C@@H](O)[C@@H](NC(=O)[C@H](CC2CCCCC2)NC(=O)OC(C)(C)C)CC[C@H]1C. The van der Waals surface area contributed by atoms with Gasteiger partial charge in [0, 0.05) is 12.6 Å². The third-order valence-electron chi connectivity index (χ3n) is 6.54. The van der Waals surface area contributed by atoms with Gasteiger partial charge < -0.3 is 20.5 Å². The van der Waals surface area contributed by atoms with E-state index in [0.717, 1.165) is 38.6 Å². The van der Waals surface area contributed by atoms with Gasteiger partial charge in [-0.25, -0.2) is 4.79 Å². The van der Waals surface area contributed by atoms with Crippen LogP contribution in [0.5, 0.6) is 0 Å². The van der Waals surface area contributed by atoms with E-state index >= 15 is 0 Å². The first-order valence-electron chi connectivity index (χ1n) is 12.3.